The van der Waals surface area contributed by atoms with Crippen LogP contribution >= 0.6 is 11.3 Å². The third kappa shape index (κ3) is 2.19. The molecule has 0 radical (unpaired) electrons. The Morgan fingerprint density at radius 3 is 2.79 bits per heavy atom. The first-order valence-electron chi connectivity index (χ1n) is 6.58. The normalized spacial score (nSPS) is 12.7. The second-order valence-corrected chi connectivity index (χ2v) is 5.83. The van der Waals surface area contributed by atoms with E-state index in [1.54, 1.807) is 18.3 Å². The van der Waals surface area contributed by atoms with Gasteiger partial charge in [0.25, 0.3) is 0 Å². The molecular weight excluding hydrogens is 256 g/mol. The summed E-state index contributed by atoms with van der Waals surface area (Å²) in [5.41, 5.74) is 3.90. The van der Waals surface area contributed by atoms with Gasteiger partial charge >= 0.3 is 0 Å². The third-order valence-corrected chi connectivity index (χ3v) is 4.77. The number of fused-ring (bicyclic) bond motifs is 3. The van der Waals surface area contributed by atoms with Gasteiger partial charge in [-0.25, -0.2) is 0 Å². The Morgan fingerprint density at radius 1 is 1.26 bits per heavy atom. The number of Topliss-reactive ketones (excluding diaryl/α,β-unsaturated/α-hetero) is 1. The molecule has 0 bridgehead atoms. The van der Waals surface area contributed by atoms with Gasteiger partial charge in [0.2, 0.25) is 0 Å². The van der Waals surface area contributed by atoms with Crippen LogP contribution in [-0.2, 0) is 12.8 Å². The molecule has 2 nitrogen and oxygen atoms in total. The lowest BCUT2D eigenvalue weighted by atomic mass is 9.91. The molecule has 2 aromatic rings. The van der Waals surface area contributed by atoms with Gasteiger partial charge in [0, 0.05) is 4.88 Å². The van der Waals surface area contributed by atoms with Gasteiger partial charge in [0.1, 0.15) is 5.75 Å². The van der Waals surface area contributed by atoms with E-state index in [4.69, 9.17) is 4.74 Å². The van der Waals surface area contributed by atoms with Gasteiger partial charge in [-0.15, -0.1) is 11.3 Å². The van der Waals surface area contributed by atoms with Gasteiger partial charge in [0.15, 0.2) is 5.78 Å². The van der Waals surface area contributed by atoms with Crippen molar-refractivity contribution in [2.24, 2.45) is 0 Å². The van der Waals surface area contributed by atoms with Crippen LogP contribution in [0.15, 0.2) is 24.3 Å². The molecule has 0 fully saturated rings. The van der Waals surface area contributed by atoms with Crippen molar-refractivity contribution in [3.63, 3.8) is 0 Å². The standard InChI is InChI=1S/C16H16O2S/c1-3-18-13-7-6-11-4-5-12-8-15(10(2)17)19-16(12)14(11)9-13/h6-9H,3-5H2,1-2H3. The van der Waals surface area contributed by atoms with Crippen molar-refractivity contribution in [1.82, 2.24) is 0 Å². The largest absolute Gasteiger partial charge is 0.494 e. The fourth-order valence-corrected chi connectivity index (χ4v) is 3.68. The van der Waals surface area contributed by atoms with E-state index in [-0.39, 0.29) is 5.78 Å². The van der Waals surface area contributed by atoms with Crippen LogP contribution < -0.4 is 4.74 Å². The monoisotopic (exact) mass is 272 g/mol. The lowest BCUT2D eigenvalue weighted by Crippen LogP contribution is -2.02. The van der Waals surface area contributed by atoms with E-state index >= 15 is 0 Å². The molecule has 3 heteroatoms. The van der Waals surface area contributed by atoms with Crippen LogP contribution in [0.25, 0.3) is 10.4 Å². The molecule has 0 aliphatic heterocycles. The molecule has 0 atom stereocenters. The molecule has 1 aliphatic carbocycles. The smallest absolute Gasteiger partial charge is 0.169 e. The predicted octanol–water partition coefficient (Wildman–Crippen LogP) is 4.12. The first-order valence-corrected chi connectivity index (χ1v) is 7.40. The summed E-state index contributed by atoms with van der Waals surface area (Å²) in [6.07, 6.45) is 2.07. The van der Waals surface area contributed by atoms with Crippen LogP contribution in [0.4, 0.5) is 0 Å². The number of hydrogen-bond acceptors (Lipinski definition) is 3. The minimum atomic E-state index is 0.155. The third-order valence-electron chi connectivity index (χ3n) is 3.46. The second kappa shape index (κ2) is 4.82. The van der Waals surface area contributed by atoms with Crippen molar-refractivity contribution in [3.8, 4) is 16.2 Å². The minimum Gasteiger partial charge on any atom is -0.494 e. The average Bonchev–Trinajstić information content (AvgIpc) is 2.83. The molecule has 98 valence electrons. The molecule has 1 aliphatic rings. The topological polar surface area (TPSA) is 26.3 Å². The van der Waals surface area contributed by atoms with E-state index < -0.39 is 0 Å². The van der Waals surface area contributed by atoms with E-state index in [0.717, 1.165) is 23.5 Å². The molecule has 1 heterocycles. The summed E-state index contributed by atoms with van der Waals surface area (Å²) in [6, 6.07) is 8.35. The molecule has 19 heavy (non-hydrogen) atoms. The van der Waals surface area contributed by atoms with E-state index in [0.29, 0.717) is 6.61 Å². The zero-order valence-corrected chi connectivity index (χ0v) is 12.0. The van der Waals surface area contributed by atoms with Crippen LogP contribution in [0, 0.1) is 0 Å². The molecule has 0 unspecified atom stereocenters. The van der Waals surface area contributed by atoms with E-state index in [9.17, 15) is 4.79 Å². The summed E-state index contributed by atoms with van der Waals surface area (Å²) < 4.78 is 5.58. The summed E-state index contributed by atoms with van der Waals surface area (Å²) in [5, 5.41) is 0. The van der Waals surface area contributed by atoms with Crippen molar-refractivity contribution in [3.05, 3.63) is 40.3 Å². The highest BCUT2D eigenvalue weighted by molar-refractivity contribution is 7.17. The summed E-state index contributed by atoms with van der Waals surface area (Å²) >= 11 is 1.61. The Balaban J connectivity index is 2.10. The number of ether oxygens (including phenoxy) is 1. The van der Waals surface area contributed by atoms with Gasteiger partial charge in [-0.2, -0.15) is 0 Å². The number of carbonyl (C=O) groups is 1. The molecule has 0 amide bonds. The minimum absolute atomic E-state index is 0.155. The summed E-state index contributed by atoms with van der Waals surface area (Å²) in [7, 11) is 0. The van der Waals surface area contributed by atoms with Gasteiger partial charge in [0.05, 0.1) is 11.5 Å². The van der Waals surface area contributed by atoms with Crippen molar-refractivity contribution in [2.45, 2.75) is 26.7 Å². The Morgan fingerprint density at radius 2 is 2.05 bits per heavy atom. The summed E-state index contributed by atoms with van der Waals surface area (Å²) in [6.45, 7) is 4.30. The fraction of sp³-hybridized carbons (Fsp3) is 0.312. The van der Waals surface area contributed by atoms with Crippen molar-refractivity contribution < 1.29 is 9.53 Å². The highest BCUT2D eigenvalue weighted by Crippen LogP contribution is 2.41. The SMILES string of the molecule is CCOc1ccc2c(c1)-c1sc(C(C)=O)cc1CC2. The molecule has 0 saturated heterocycles. The number of ketones is 1. The van der Waals surface area contributed by atoms with E-state index in [2.05, 4.69) is 18.2 Å². The second-order valence-electron chi connectivity index (χ2n) is 4.77. The lowest BCUT2D eigenvalue weighted by Gasteiger charge is -2.17. The van der Waals surface area contributed by atoms with Crippen LogP contribution in [0.2, 0.25) is 0 Å². The number of benzene rings is 1. The Hall–Kier alpha value is -1.61. The number of carbonyl (C=O) groups excluding carboxylic acids is 1. The van der Waals surface area contributed by atoms with Gasteiger partial charge < -0.3 is 4.74 Å². The molecule has 1 aromatic carbocycles. The lowest BCUT2D eigenvalue weighted by molar-refractivity contribution is 0.102. The number of hydrogen-bond donors (Lipinski definition) is 0. The average molecular weight is 272 g/mol. The maximum Gasteiger partial charge on any atom is 0.169 e. The molecule has 1 aromatic heterocycles. The number of rotatable bonds is 3. The maximum atomic E-state index is 11.5. The van der Waals surface area contributed by atoms with Crippen LogP contribution in [-0.4, -0.2) is 12.4 Å². The van der Waals surface area contributed by atoms with Crippen molar-refractivity contribution >= 4 is 17.1 Å². The van der Waals surface area contributed by atoms with Crippen LogP contribution in [0.1, 0.15) is 34.6 Å². The van der Waals surface area contributed by atoms with Gasteiger partial charge in [-0.1, -0.05) is 6.07 Å². The fourth-order valence-electron chi connectivity index (χ4n) is 2.53. The van der Waals surface area contributed by atoms with E-state index in [1.807, 2.05) is 13.0 Å². The van der Waals surface area contributed by atoms with Crippen molar-refractivity contribution in [1.29, 1.82) is 0 Å². The molecule has 3 rings (SSSR count). The Kier molecular flexibility index (Phi) is 3.15. The highest BCUT2D eigenvalue weighted by Gasteiger charge is 2.20. The zero-order valence-electron chi connectivity index (χ0n) is 11.2. The molecular formula is C16H16O2S. The van der Waals surface area contributed by atoms with Gasteiger partial charge in [-0.05, 0) is 61.6 Å². The molecule has 0 saturated carbocycles. The number of thiophene rings is 1. The summed E-state index contributed by atoms with van der Waals surface area (Å²) in [5.74, 6) is 1.06. The summed E-state index contributed by atoms with van der Waals surface area (Å²) in [4.78, 5) is 13.6. The predicted molar refractivity (Wildman–Crippen MR) is 78.3 cm³/mol. The molecule has 0 spiro atoms. The highest BCUT2D eigenvalue weighted by atomic mass is 32.1. The van der Waals surface area contributed by atoms with E-state index in [1.165, 1.54) is 21.6 Å². The zero-order chi connectivity index (χ0) is 13.4. The number of aryl methyl sites for hydroxylation is 2. The van der Waals surface area contributed by atoms with Gasteiger partial charge in [-0.3, -0.25) is 4.79 Å². The Bertz CT molecular complexity index is 640. The van der Waals surface area contributed by atoms with Crippen LogP contribution in [0.5, 0.6) is 5.75 Å². The Labute approximate surface area is 117 Å². The van der Waals surface area contributed by atoms with Crippen molar-refractivity contribution in [2.75, 3.05) is 6.61 Å². The quantitative estimate of drug-likeness (QED) is 0.786. The maximum absolute atomic E-state index is 11.5. The first kappa shape index (κ1) is 12.4. The molecule has 0 N–H and O–H groups in total. The van der Waals surface area contributed by atoms with Crippen LogP contribution in [0.3, 0.4) is 0 Å². The first-order chi connectivity index (χ1) is 9.19.